The second-order valence-corrected chi connectivity index (χ2v) is 7.10. The predicted octanol–water partition coefficient (Wildman–Crippen LogP) is 3.36. The molecule has 5 heteroatoms. The summed E-state index contributed by atoms with van der Waals surface area (Å²) in [5.41, 5.74) is 3.53. The fourth-order valence-corrected chi connectivity index (χ4v) is 3.78. The predicted molar refractivity (Wildman–Crippen MR) is 96.8 cm³/mol. The molecule has 1 aliphatic heterocycles. The zero-order chi connectivity index (χ0) is 18.1. The minimum atomic E-state index is -0.354. The first-order chi connectivity index (χ1) is 11.9. The molecule has 0 spiro atoms. The van der Waals surface area contributed by atoms with E-state index in [0.29, 0.717) is 18.0 Å². The molecule has 1 fully saturated rings. The van der Waals surface area contributed by atoms with Crippen molar-refractivity contribution in [2.24, 2.45) is 0 Å². The standard InChI is InChI=1S/C20H25NO4/c1-12(2)15-10-16-14(9-19(22)25-18(16)8-13(15)3)11-21-7-5-6-17(21)20(23)24-4/h8-10,12,17H,5-7,11H2,1-4H3. The van der Waals surface area contributed by atoms with Crippen LogP contribution in [0.2, 0.25) is 0 Å². The SMILES string of the molecule is COC(=O)C1CCCN1Cc1cc(=O)oc2cc(C)c(C(C)C)cc12. The van der Waals surface area contributed by atoms with Gasteiger partial charge in [-0.15, -0.1) is 0 Å². The number of likely N-dealkylation sites (tertiary alicyclic amines) is 1. The van der Waals surface area contributed by atoms with E-state index in [9.17, 15) is 9.59 Å². The average molecular weight is 343 g/mol. The molecule has 1 saturated heterocycles. The quantitative estimate of drug-likeness (QED) is 0.629. The molecule has 2 aromatic rings. The van der Waals surface area contributed by atoms with Crippen LogP contribution in [0.15, 0.2) is 27.4 Å². The normalized spacial score (nSPS) is 18.2. The van der Waals surface area contributed by atoms with Crippen molar-refractivity contribution < 1.29 is 13.9 Å². The Kier molecular flexibility index (Phi) is 4.95. The summed E-state index contributed by atoms with van der Waals surface area (Å²) in [6.45, 7) is 7.71. The van der Waals surface area contributed by atoms with E-state index in [0.717, 1.165) is 35.9 Å². The zero-order valence-electron chi connectivity index (χ0n) is 15.3. The fourth-order valence-electron chi connectivity index (χ4n) is 3.78. The number of hydrogen-bond acceptors (Lipinski definition) is 5. The van der Waals surface area contributed by atoms with Crippen molar-refractivity contribution in [3.05, 3.63) is 45.3 Å². The van der Waals surface area contributed by atoms with Crippen LogP contribution in [0.25, 0.3) is 11.0 Å². The molecular weight excluding hydrogens is 318 g/mol. The van der Waals surface area contributed by atoms with Crippen LogP contribution in [0.4, 0.5) is 0 Å². The van der Waals surface area contributed by atoms with Crippen LogP contribution in [0, 0.1) is 6.92 Å². The Labute approximate surface area is 147 Å². The lowest BCUT2D eigenvalue weighted by Crippen LogP contribution is -2.36. The van der Waals surface area contributed by atoms with Gasteiger partial charge >= 0.3 is 11.6 Å². The van der Waals surface area contributed by atoms with Crippen molar-refractivity contribution in [3.63, 3.8) is 0 Å². The van der Waals surface area contributed by atoms with E-state index in [1.807, 2.05) is 13.0 Å². The second-order valence-electron chi connectivity index (χ2n) is 7.10. The highest BCUT2D eigenvalue weighted by atomic mass is 16.5. The van der Waals surface area contributed by atoms with Crippen molar-refractivity contribution in [3.8, 4) is 0 Å². The highest BCUT2D eigenvalue weighted by molar-refractivity contribution is 5.82. The van der Waals surface area contributed by atoms with Gasteiger partial charge in [0.1, 0.15) is 11.6 Å². The van der Waals surface area contributed by atoms with Crippen molar-refractivity contribution in [1.82, 2.24) is 4.90 Å². The van der Waals surface area contributed by atoms with Gasteiger partial charge in [0.05, 0.1) is 7.11 Å². The highest BCUT2D eigenvalue weighted by Gasteiger charge is 2.31. The molecule has 0 bridgehead atoms. The van der Waals surface area contributed by atoms with Crippen LogP contribution in [-0.2, 0) is 16.1 Å². The van der Waals surface area contributed by atoms with E-state index in [-0.39, 0.29) is 17.6 Å². The molecule has 0 saturated carbocycles. The molecular formula is C20H25NO4. The summed E-state index contributed by atoms with van der Waals surface area (Å²) in [7, 11) is 1.42. The van der Waals surface area contributed by atoms with Crippen LogP contribution >= 0.6 is 0 Å². The van der Waals surface area contributed by atoms with E-state index in [1.165, 1.54) is 12.7 Å². The van der Waals surface area contributed by atoms with Gasteiger partial charge in [-0.25, -0.2) is 4.79 Å². The van der Waals surface area contributed by atoms with E-state index in [2.05, 4.69) is 24.8 Å². The van der Waals surface area contributed by atoms with Gasteiger partial charge in [-0.3, -0.25) is 9.69 Å². The van der Waals surface area contributed by atoms with Gasteiger partial charge in [-0.2, -0.15) is 0 Å². The Morgan fingerprint density at radius 1 is 1.36 bits per heavy atom. The topological polar surface area (TPSA) is 59.8 Å². The molecule has 5 nitrogen and oxygen atoms in total. The molecule has 0 amide bonds. The second kappa shape index (κ2) is 7.00. The Morgan fingerprint density at radius 3 is 2.80 bits per heavy atom. The maximum atomic E-state index is 12.0. The first kappa shape index (κ1) is 17.7. The number of fused-ring (bicyclic) bond motifs is 1. The third-order valence-electron chi connectivity index (χ3n) is 5.05. The monoisotopic (exact) mass is 343 g/mol. The highest BCUT2D eigenvalue weighted by Crippen LogP contribution is 2.29. The van der Waals surface area contributed by atoms with Crippen LogP contribution < -0.4 is 5.63 Å². The summed E-state index contributed by atoms with van der Waals surface area (Å²) in [6, 6.07) is 5.38. The first-order valence-electron chi connectivity index (χ1n) is 8.80. The number of hydrogen-bond donors (Lipinski definition) is 0. The summed E-state index contributed by atoms with van der Waals surface area (Å²) in [6.07, 6.45) is 1.75. The molecule has 1 aliphatic rings. The van der Waals surface area contributed by atoms with Crippen LogP contribution in [0.5, 0.6) is 0 Å². The lowest BCUT2D eigenvalue weighted by atomic mass is 9.95. The van der Waals surface area contributed by atoms with E-state index >= 15 is 0 Å². The van der Waals surface area contributed by atoms with Gasteiger partial charge in [-0.1, -0.05) is 13.8 Å². The number of carbonyl (C=O) groups excluding carboxylic acids is 1. The minimum absolute atomic E-state index is 0.205. The van der Waals surface area contributed by atoms with Crippen molar-refractivity contribution in [2.45, 2.75) is 52.1 Å². The number of esters is 1. The first-order valence-corrected chi connectivity index (χ1v) is 8.80. The third-order valence-corrected chi connectivity index (χ3v) is 5.05. The third kappa shape index (κ3) is 3.47. The number of aryl methyl sites for hydroxylation is 1. The summed E-state index contributed by atoms with van der Waals surface area (Å²) in [5, 5.41) is 0.949. The summed E-state index contributed by atoms with van der Waals surface area (Å²) < 4.78 is 10.3. The summed E-state index contributed by atoms with van der Waals surface area (Å²) >= 11 is 0. The van der Waals surface area contributed by atoms with Gasteiger partial charge < -0.3 is 9.15 Å². The number of rotatable bonds is 4. The number of benzene rings is 1. The molecule has 3 rings (SSSR count). The van der Waals surface area contributed by atoms with E-state index in [4.69, 9.17) is 9.15 Å². The lowest BCUT2D eigenvalue weighted by Gasteiger charge is -2.23. The van der Waals surface area contributed by atoms with Crippen molar-refractivity contribution in [2.75, 3.05) is 13.7 Å². The van der Waals surface area contributed by atoms with Crippen LogP contribution in [0.3, 0.4) is 0 Å². The Bertz CT molecular complexity index is 853. The van der Waals surface area contributed by atoms with Crippen molar-refractivity contribution >= 4 is 16.9 Å². The number of ether oxygens (including phenoxy) is 1. The van der Waals surface area contributed by atoms with Gasteiger partial charge in [0.2, 0.25) is 0 Å². The van der Waals surface area contributed by atoms with Gasteiger partial charge in [0.15, 0.2) is 0 Å². The smallest absolute Gasteiger partial charge is 0.336 e. The molecule has 0 aliphatic carbocycles. The maximum Gasteiger partial charge on any atom is 0.336 e. The lowest BCUT2D eigenvalue weighted by molar-refractivity contribution is -0.146. The van der Waals surface area contributed by atoms with Gasteiger partial charge in [-0.05, 0) is 61.1 Å². The minimum Gasteiger partial charge on any atom is -0.468 e. The van der Waals surface area contributed by atoms with Crippen LogP contribution in [0.1, 0.15) is 49.3 Å². The largest absolute Gasteiger partial charge is 0.468 e. The molecule has 0 N–H and O–H groups in total. The molecule has 134 valence electrons. The Balaban J connectivity index is 2.04. The number of methoxy groups -OCH3 is 1. The Hall–Kier alpha value is -2.14. The Morgan fingerprint density at radius 2 is 2.12 bits per heavy atom. The fraction of sp³-hybridized carbons (Fsp3) is 0.500. The molecule has 25 heavy (non-hydrogen) atoms. The molecule has 2 heterocycles. The van der Waals surface area contributed by atoms with E-state index < -0.39 is 0 Å². The molecule has 0 radical (unpaired) electrons. The molecule has 1 aromatic heterocycles. The molecule has 1 aromatic carbocycles. The maximum absolute atomic E-state index is 12.0. The van der Waals surface area contributed by atoms with E-state index in [1.54, 1.807) is 6.07 Å². The van der Waals surface area contributed by atoms with Gasteiger partial charge in [0.25, 0.3) is 0 Å². The molecule has 1 atom stereocenters. The van der Waals surface area contributed by atoms with Crippen LogP contribution in [-0.4, -0.2) is 30.6 Å². The average Bonchev–Trinajstić information content (AvgIpc) is 3.01. The zero-order valence-corrected chi connectivity index (χ0v) is 15.3. The van der Waals surface area contributed by atoms with Crippen molar-refractivity contribution in [1.29, 1.82) is 0 Å². The number of carbonyl (C=O) groups is 1. The molecule has 1 unspecified atom stereocenters. The summed E-state index contributed by atoms with van der Waals surface area (Å²) in [4.78, 5) is 26.1. The number of nitrogens with zero attached hydrogens (tertiary/aromatic N) is 1. The van der Waals surface area contributed by atoms with Gasteiger partial charge in [0, 0.05) is 18.0 Å². The summed E-state index contributed by atoms with van der Waals surface area (Å²) in [5.74, 6) is 0.183.